The predicted molar refractivity (Wildman–Crippen MR) is 101 cm³/mol. The molecule has 1 aromatic heterocycles. The van der Waals surface area contributed by atoms with E-state index in [0.717, 1.165) is 22.4 Å². The van der Waals surface area contributed by atoms with Gasteiger partial charge in [-0.15, -0.1) is 0 Å². The summed E-state index contributed by atoms with van der Waals surface area (Å²) in [6, 6.07) is 11.2. The van der Waals surface area contributed by atoms with Gasteiger partial charge in [0.05, 0.1) is 12.2 Å². The van der Waals surface area contributed by atoms with Crippen LogP contribution < -0.4 is 15.4 Å². The van der Waals surface area contributed by atoms with Gasteiger partial charge in [-0.3, -0.25) is 4.98 Å². The van der Waals surface area contributed by atoms with Crippen LogP contribution in [0.15, 0.2) is 47.1 Å². The van der Waals surface area contributed by atoms with E-state index in [0.29, 0.717) is 25.4 Å². The Morgan fingerprint density at radius 3 is 2.88 bits per heavy atom. The van der Waals surface area contributed by atoms with Crippen LogP contribution in [0.1, 0.15) is 5.69 Å². The summed E-state index contributed by atoms with van der Waals surface area (Å²) in [7, 11) is 0. The highest BCUT2D eigenvalue weighted by molar-refractivity contribution is 9.10. The first-order valence-corrected chi connectivity index (χ1v) is 9.00. The molecule has 1 fully saturated rings. The second-order valence-corrected chi connectivity index (χ2v) is 6.85. The molecule has 2 heterocycles. The molecule has 2 aromatic rings. The fraction of sp³-hybridized carbons (Fsp3) is 0.333. The van der Waals surface area contributed by atoms with E-state index in [-0.39, 0.29) is 12.1 Å². The molecule has 1 saturated heterocycles. The van der Waals surface area contributed by atoms with Gasteiger partial charge in [0.2, 0.25) is 0 Å². The monoisotopic (exact) mass is 404 g/mol. The molecule has 1 aliphatic rings. The maximum atomic E-state index is 12.6. The number of halogens is 1. The molecule has 1 atom stereocenters. The zero-order valence-corrected chi connectivity index (χ0v) is 15.6. The van der Waals surface area contributed by atoms with E-state index >= 15 is 0 Å². The molecule has 25 heavy (non-hydrogen) atoms. The van der Waals surface area contributed by atoms with Gasteiger partial charge in [-0.25, -0.2) is 4.79 Å². The summed E-state index contributed by atoms with van der Waals surface area (Å²) in [6.45, 7) is 4.47. The molecule has 1 unspecified atom stereocenters. The minimum Gasteiger partial charge on any atom is -0.490 e. The Kier molecular flexibility index (Phi) is 5.88. The van der Waals surface area contributed by atoms with Gasteiger partial charge in [-0.2, -0.15) is 0 Å². The number of hydrogen-bond donors (Lipinski definition) is 2. The number of pyridine rings is 1. The third kappa shape index (κ3) is 4.93. The maximum absolute atomic E-state index is 12.6. The Hall–Kier alpha value is -2.12. The highest BCUT2D eigenvalue weighted by Gasteiger charge is 2.27. The summed E-state index contributed by atoms with van der Waals surface area (Å²) < 4.78 is 6.79. The van der Waals surface area contributed by atoms with Crippen molar-refractivity contribution in [1.29, 1.82) is 0 Å². The Bertz CT molecular complexity index is 706. The molecule has 2 amide bonds. The SMILES string of the molecule is Cc1ccc(OCC2CNCCN2C(=O)Nc2ccc(Br)cc2)cn1. The number of carbonyl (C=O) groups is 1. The molecule has 0 aliphatic carbocycles. The normalized spacial score (nSPS) is 17.2. The van der Waals surface area contributed by atoms with Crippen LogP contribution in [-0.2, 0) is 0 Å². The van der Waals surface area contributed by atoms with E-state index in [1.165, 1.54) is 0 Å². The largest absolute Gasteiger partial charge is 0.490 e. The van der Waals surface area contributed by atoms with Crippen molar-refractivity contribution in [2.24, 2.45) is 0 Å². The number of nitrogens with one attached hydrogen (secondary N) is 2. The lowest BCUT2D eigenvalue weighted by molar-refractivity contribution is 0.133. The minimum absolute atomic E-state index is 0.0366. The summed E-state index contributed by atoms with van der Waals surface area (Å²) in [5.41, 5.74) is 1.72. The van der Waals surface area contributed by atoms with Crippen LogP contribution in [0.25, 0.3) is 0 Å². The molecular formula is C18H21BrN4O2. The molecule has 7 heteroatoms. The van der Waals surface area contributed by atoms with E-state index < -0.39 is 0 Å². The van der Waals surface area contributed by atoms with Crippen LogP contribution in [-0.4, -0.2) is 48.2 Å². The van der Waals surface area contributed by atoms with E-state index in [9.17, 15) is 4.79 Å². The number of ether oxygens (including phenoxy) is 1. The lowest BCUT2D eigenvalue weighted by atomic mass is 10.2. The average Bonchev–Trinajstić information content (AvgIpc) is 2.63. The first-order valence-electron chi connectivity index (χ1n) is 8.21. The molecule has 132 valence electrons. The molecule has 2 N–H and O–H groups in total. The highest BCUT2D eigenvalue weighted by Crippen LogP contribution is 2.16. The maximum Gasteiger partial charge on any atom is 0.322 e. The van der Waals surface area contributed by atoms with Crippen LogP contribution in [0, 0.1) is 6.92 Å². The van der Waals surface area contributed by atoms with Crippen LogP contribution in [0.4, 0.5) is 10.5 Å². The van der Waals surface area contributed by atoms with Gasteiger partial charge in [0, 0.05) is 35.5 Å². The second-order valence-electron chi connectivity index (χ2n) is 5.93. The number of rotatable bonds is 4. The van der Waals surface area contributed by atoms with Crippen molar-refractivity contribution in [3.63, 3.8) is 0 Å². The Balaban J connectivity index is 1.60. The van der Waals surface area contributed by atoms with Crippen molar-refractivity contribution in [1.82, 2.24) is 15.2 Å². The number of amides is 2. The van der Waals surface area contributed by atoms with Gasteiger partial charge >= 0.3 is 6.03 Å². The number of aromatic nitrogens is 1. The zero-order valence-electron chi connectivity index (χ0n) is 14.0. The Labute approximate surface area is 155 Å². The van der Waals surface area contributed by atoms with Crippen molar-refractivity contribution < 1.29 is 9.53 Å². The summed E-state index contributed by atoms with van der Waals surface area (Å²) >= 11 is 3.39. The zero-order chi connectivity index (χ0) is 17.6. The topological polar surface area (TPSA) is 66.5 Å². The number of anilines is 1. The lowest BCUT2D eigenvalue weighted by Crippen LogP contribution is -2.57. The molecule has 0 spiro atoms. The molecule has 0 bridgehead atoms. The molecule has 0 radical (unpaired) electrons. The van der Waals surface area contributed by atoms with Crippen LogP contribution in [0.2, 0.25) is 0 Å². The summed E-state index contributed by atoms with van der Waals surface area (Å²) in [5.74, 6) is 0.712. The van der Waals surface area contributed by atoms with Crippen LogP contribution >= 0.6 is 15.9 Å². The fourth-order valence-corrected chi connectivity index (χ4v) is 2.90. The minimum atomic E-state index is -0.112. The Morgan fingerprint density at radius 1 is 1.36 bits per heavy atom. The molecule has 3 rings (SSSR count). The van der Waals surface area contributed by atoms with Gasteiger partial charge in [0.25, 0.3) is 0 Å². The summed E-state index contributed by atoms with van der Waals surface area (Å²) in [6.07, 6.45) is 1.71. The second kappa shape index (κ2) is 8.31. The highest BCUT2D eigenvalue weighted by atomic mass is 79.9. The smallest absolute Gasteiger partial charge is 0.322 e. The quantitative estimate of drug-likeness (QED) is 0.821. The van der Waals surface area contributed by atoms with E-state index in [1.807, 2.05) is 48.2 Å². The van der Waals surface area contributed by atoms with Gasteiger partial charge in [-0.1, -0.05) is 15.9 Å². The van der Waals surface area contributed by atoms with Crippen molar-refractivity contribution in [3.05, 3.63) is 52.8 Å². The van der Waals surface area contributed by atoms with Gasteiger partial charge in [0.15, 0.2) is 0 Å². The van der Waals surface area contributed by atoms with Crippen molar-refractivity contribution >= 4 is 27.6 Å². The number of benzene rings is 1. The first kappa shape index (κ1) is 17.7. The van der Waals surface area contributed by atoms with Gasteiger partial charge in [-0.05, 0) is 43.3 Å². The number of nitrogens with zero attached hydrogens (tertiary/aromatic N) is 2. The third-order valence-corrected chi connectivity index (χ3v) is 4.56. The van der Waals surface area contributed by atoms with Crippen molar-refractivity contribution in [2.45, 2.75) is 13.0 Å². The number of hydrogen-bond acceptors (Lipinski definition) is 4. The fourth-order valence-electron chi connectivity index (χ4n) is 2.64. The molecule has 0 saturated carbocycles. The predicted octanol–water partition coefficient (Wildman–Crippen LogP) is 3.04. The van der Waals surface area contributed by atoms with Gasteiger partial charge < -0.3 is 20.3 Å². The van der Waals surface area contributed by atoms with Crippen molar-refractivity contribution in [3.8, 4) is 5.75 Å². The number of piperazine rings is 1. The Morgan fingerprint density at radius 2 is 2.16 bits per heavy atom. The van der Waals surface area contributed by atoms with Gasteiger partial charge in [0.1, 0.15) is 12.4 Å². The summed E-state index contributed by atoms with van der Waals surface area (Å²) in [5, 5.41) is 6.26. The lowest BCUT2D eigenvalue weighted by Gasteiger charge is -2.35. The standard InChI is InChI=1S/C18H21BrN4O2/c1-13-2-7-17(11-21-13)25-12-16-10-20-8-9-23(16)18(24)22-15-5-3-14(19)4-6-15/h2-7,11,16,20H,8-10,12H2,1H3,(H,22,24). The molecule has 6 nitrogen and oxygen atoms in total. The third-order valence-electron chi connectivity index (χ3n) is 4.03. The van der Waals surface area contributed by atoms with Crippen molar-refractivity contribution in [2.75, 3.05) is 31.6 Å². The molecular weight excluding hydrogens is 384 g/mol. The number of aryl methyl sites for hydroxylation is 1. The summed E-state index contributed by atoms with van der Waals surface area (Å²) in [4.78, 5) is 18.7. The van der Waals surface area contributed by atoms with Crippen LogP contribution in [0.3, 0.4) is 0 Å². The number of carbonyl (C=O) groups excluding carboxylic acids is 1. The molecule has 1 aromatic carbocycles. The van der Waals surface area contributed by atoms with E-state index in [1.54, 1.807) is 6.20 Å². The van der Waals surface area contributed by atoms with E-state index in [2.05, 4.69) is 31.5 Å². The molecule has 1 aliphatic heterocycles. The first-order chi connectivity index (χ1) is 12.1. The van der Waals surface area contributed by atoms with E-state index in [4.69, 9.17) is 4.74 Å². The van der Waals surface area contributed by atoms with Crippen LogP contribution in [0.5, 0.6) is 5.75 Å². The number of urea groups is 1. The average molecular weight is 405 g/mol.